The van der Waals surface area contributed by atoms with Gasteiger partial charge in [-0.2, -0.15) is 9.61 Å². The normalized spacial score (nSPS) is 24.1. The maximum Gasteiger partial charge on any atom is 0.257 e. The van der Waals surface area contributed by atoms with Crippen LogP contribution in [0.15, 0.2) is 36.8 Å². The zero-order valence-electron chi connectivity index (χ0n) is 19.4. The first-order chi connectivity index (χ1) is 17.1. The first kappa shape index (κ1) is 21.9. The first-order valence-electron chi connectivity index (χ1n) is 11.7. The van der Waals surface area contributed by atoms with E-state index in [4.69, 9.17) is 19.4 Å². The Kier molecular flexibility index (Phi) is 5.37. The average Bonchev–Trinajstić information content (AvgIpc) is 3.63. The summed E-state index contributed by atoms with van der Waals surface area (Å²) in [5, 5.41) is 10.2. The summed E-state index contributed by atoms with van der Waals surface area (Å²) >= 11 is 0. The van der Waals surface area contributed by atoms with Gasteiger partial charge in [0.25, 0.3) is 5.91 Å². The maximum atomic E-state index is 13.7. The van der Waals surface area contributed by atoms with Crippen molar-refractivity contribution >= 4 is 17.4 Å². The van der Waals surface area contributed by atoms with Crippen molar-refractivity contribution in [2.75, 3.05) is 32.7 Å². The minimum absolute atomic E-state index is 0.0192. The van der Waals surface area contributed by atoms with E-state index in [0.29, 0.717) is 48.8 Å². The molecule has 3 aliphatic heterocycles. The minimum atomic E-state index is -1.01. The van der Waals surface area contributed by atoms with Crippen LogP contribution in [0.2, 0.25) is 0 Å². The number of fused-ring (bicyclic) bond motifs is 2. The number of hydrogen-bond donors (Lipinski definition) is 2. The van der Waals surface area contributed by atoms with E-state index < -0.39 is 12.2 Å². The Bertz CT molecular complexity index is 1370. The maximum absolute atomic E-state index is 13.7. The summed E-state index contributed by atoms with van der Waals surface area (Å²) in [6.07, 6.45) is 5.29. The van der Waals surface area contributed by atoms with Gasteiger partial charge in [-0.15, -0.1) is 0 Å². The molecule has 182 valence electrons. The van der Waals surface area contributed by atoms with Gasteiger partial charge in [-0.25, -0.2) is 14.4 Å². The van der Waals surface area contributed by atoms with Crippen molar-refractivity contribution in [3.8, 4) is 22.6 Å². The topological polar surface area (TPSA) is 108 Å². The van der Waals surface area contributed by atoms with Crippen molar-refractivity contribution in [3.05, 3.63) is 42.4 Å². The van der Waals surface area contributed by atoms with E-state index in [2.05, 4.69) is 20.3 Å². The second-order valence-electron chi connectivity index (χ2n) is 8.95. The van der Waals surface area contributed by atoms with E-state index in [-0.39, 0.29) is 18.1 Å². The summed E-state index contributed by atoms with van der Waals surface area (Å²) in [5.74, 6) is 1.09. The van der Waals surface area contributed by atoms with E-state index in [9.17, 15) is 9.18 Å². The number of nitrogens with zero attached hydrogens (tertiary/aromatic N) is 5. The number of halogens is 1. The molecule has 0 bridgehead atoms. The monoisotopic (exact) mass is 479 g/mol. The molecule has 0 radical (unpaired) electrons. The fraction of sp³-hybridized carbons (Fsp3) is 0.417. The molecule has 4 aliphatic rings. The predicted octanol–water partition coefficient (Wildman–Crippen LogP) is 2.56. The molecule has 6 rings (SSSR count). The highest BCUT2D eigenvalue weighted by molar-refractivity contribution is 6.00. The summed E-state index contributed by atoms with van der Waals surface area (Å²) in [6, 6.07) is 5.40. The summed E-state index contributed by atoms with van der Waals surface area (Å²) in [7, 11) is 3.47. The number of amides is 1. The number of rotatable bonds is 6. The SMILES string of the molecule is CNc1cc(-c2cnc3n([C@@H]4COC[C@H]4OC)cccc2-3)nc2c(C(=O)NC3CCC3F)cnn12. The molecular formula is C24H26FN7O3. The molecule has 1 saturated carbocycles. The van der Waals surface area contributed by atoms with E-state index >= 15 is 0 Å². The summed E-state index contributed by atoms with van der Waals surface area (Å²) in [4.78, 5) is 22.4. The van der Waals surface area contributed by atoms with Gasteiger partial charge in [0.1, 0.15) is 29.5 Å². The van der Waals surface area contributed by atoms with Gasteiger partial charge < -0.3 is 24.7 Å². The quantitative estimate of drug-likeness (QED) is 0.438. The zero-order valence-corrected chi connectivity index (χ0v) is 19.4. The van der Waals surface area contributed by atoms with Gasteiger partial charge in [0.05, 0.1) is 37.2 Å². The van der Waals surface area contributed by atoms with Crippen LogP contribution in [0, 0.1) is 0 Å². The van der Waals surface area contributed by atoms with Crippen LogP contribution >= 0.6 is 0 Å². The molecule has 35 heavy (non-hydrogen) atoms. The van der Waals surface area contributed by atoms with Crippen LogP contribution in [0.3, 0.4) is 0 Å². The van der Waals surface area contributed by atoms with Gasteiger partial charge in [0.15, 0.2) is 5.65 Å². The third-order valence-corrected chi connectivity index (χ3v) is 7.02. The van der Waals surface area contributed by atoms with Crippen molar-refractivity contribution in [3.63, 3.8) is 0 Å². The highest BCUT2D eigenvalue weighted by atomic mass is 19.1. The lowest BCUT2D eigenvalue weighted by atomic mass is 9.90. The van der Waals surface area contributed by atoms with Gasteiger partial charge in [0, 0.05) is 43.7 Å². The lowest BCUT2D eigenvalue weighted by Crippen LogP contribution is -2.48. The molecule has 0 aromatic carbocycles. The van der Waals surface area contributed by atoms with Crippen molar-refractivity contribution < 1.29 is 18.7 Å². The number of anilines is 1. The molecular weight excluding hydrogens is 453 g/mol. The van der Waals surface area contributed by atoms with E-state index in [0.717, 1.165) is 17.0 Å². The van der Waals surface area contributed by atoms with Crippen molar-refractivity contribution in [1.29, 1.82) is 0 Å². The van der Waals surface area contributed by atoms with E-state index in [1.54, 1.807) is 24.9 Å². The minimum Gasteiger partial charge on any atom is -0.377 e. The number of ether oxygens (including phenoxy) is 2. The highest BCUT2D eigenvalue weighted by Gasteiger charge is 2.34. The fourth-order valence-electron chi connectivity index (χ4n) is 4.84. The number of carbonyl (C=O) groups is 1. The molecule has 2 aromatic rings. The lowest BCUT2D eigenvalue weighted by molar-refractivity contribution is 0.0686. The summed E-state index contributed by atoms with van der Waals surface area (Å²) in [5.41, 5.74) is 3.09. The molecule has 2 aromatic heterocycles. The first-order valence-corrected chi connectivity index (χ1v) is 11.7. The van der Waals surface area contributed by atoms with Crippen molar-refractivity contribution in [1.82, 2.24) is 29.5 Å². The van der Waals surface area contributed by atoms with Crippen LogP contribution in [-0.4, -0.2) is 75.7 Å². The van der Waals surface area contributed by atoms with Gasteiger partial charge in [0.2, 0.25) is 0 Å². The Balaban J connectivity index is 1.40. The van der Waals surface area contributed by atoms with Crippen LogP contribution in [-0.2, 0) is 9.47 Å². The van der Waals surface area contributed by atoms with Gasteiger partial charge >= 0.3 is 0 Å². The van der Waals surface area contributed by atoms with Crippen molar-refractivity contribution in [2.24, 2.45) is 0 Å². The molecule has 0 spiro atoms. The van der Waals surface area contributed by atoms with Crippen LogP contribution in [0.25, 0.3) is 28.3 Å². The molecule has 2 N–H and O–H groups in total. The Morgan fingerprint density at radius 2 is 2.14 bits per heavy atom. The van der Waals surface area contributed by atoms with Gasteiger partial charge in [-0.05, 0) is 25.0 Å². The average molecular weight is 480 g/mol. The zero-order chi connectivity index (χ0) is 24.1. The smallest absolute Gasteiger partial charge is 0.257 e. The molecule has 2 unspecified atom stereocenters. The Morgan fingerprint density at radius 1 is 1.26 bits per heavy atom. The van der Waals surface area contributed by atoms with E-state index in [1.165, 1.54) is 6.20 Å². The largest absolute Gasteiger partial charge is 0.377 e. The third kappa shape index (κ3) is 3.53. The third-order valence-electron chi connectivity index (χ3n) is 7.02. The number of alkyl halides is 1. The molecule has 4 atom stereocenters. The molecule has 1 amide bonds. The summed E-state index contributed by atoms with van der Waals surface area (Å²) < 4.78 is 28.6. The van der Waals surface area contributed by atoms with Crippen molar-refractivity contribution in [2.45, 2.75) is 37.2 Å². The molecule has 10 nitrogen and oxygen atoms in total. The van der Waals surface area contributed by atoms with Crippen LogP contribution in [0.4, 0.5) is 10.2 Å². The molecule has 1 aliphatic carbocycles. The summed E-state index contributed by atoms with van der Waals surface area (Å²) in [6.45, 7) is 1.09. The lowest BCUT2D eigenvalue weighted by Gasteiger charge is -2.30. The second kappa shape index (κ2) is 8.58. The second-order valence-corrected chi connectivity index (χ2v) is 8.95. The number of nitrogens with one attached hydrogen (secondary N) is 2. The molecule has 5 heterocycles. The Morgan fingerprint density at radius 3 is 2.89 bits per heavy atom. The molecule has 1 saturated heterocycles. The number of pyridine rings is 1. The van der Waals surface area contributed by atoms with E-state index in [1.807, 2.05) is 24.4 Å². The predicted molar refractivity (Wildman–Crippen MR) is 126 cm³/mol. The van der Waals surface area contributed by atoms with Crippen LogP contribution in [0.1, 0.15) is 29.2 Å². The standard InChI is InChI=1S/C24H26FN7O3/c1-26-21-8-18(29-23-15(10-28-32(21)23)24(33)30-17-6-5-16(17)25)14-9-27-22-13(14)4-3-7-31(22)19-11-35-12-20(19)34-2/h3-4,7-10,16-17,19-20,26H,5-6,11-12H2,1-2H3,(H,30,33)/t16?,17?,19-,20-/m1/s1. The fourth-order valence-corrected chi connectivity index (χ4v) is 4.84. The number of hydrogen-bond acceptors (Lipinski definition) is 7. The van der Waals surface area contributed by atoms with Crippen LogP contribution < -0.4 is 10.6 Å². The number of aromatic nitrogens is 5. The molecule has 11 heteroatoms. The number of methoxy groups -OCH3 is 1. The number of carbonyl (C=O) groups excluding carboxylic acids is 1. The Labute approximate surface area is 200 Å². The van der Waals surface area contributed by atoms with Gasteiger partial charge in [-0.1, -0.05) is 0 Å². The highest BCUT2D eigenvalue weighted by Crippen LogP contribution is 2.37. The molecule has 2 fully saturated rings. The Hall–Kier alpha value is -3.57. The van der Waals surface area contributed by atoms with Gasteiger partial charge in [-0.3, -0.25) is 4.79 Å². The van der Waals surface area contributed by atoms with Crippen LogP contribution in [0.5, 0.6) is 0 Å².